The Balaban J connectivity index is 2.29. The molecule has 0 bridgehead atoms. The van der Waals surface area contributed by atoms with Crippen LogP contribution in [0.4, 0.5) is 22.0 Å². The summed E-state index contributed by atoms with van der Waals surface area (Å²) in [5.74, 6) is -3.79. The highest BCUT2D eigenvalue weighted by Crippen LogP contribution is 2.39. The molecule has 1 aromatic heterocycles. The van der Waals surface area contributed by atoms with Gasteiger partial charge in [-0.1, -0.05) is 11.6 Å². The van der Waals surface area contributed by atoms with Crippen LogP contribution in [0.25, 0.3) is 22.5 Å². The molecule has 0 saturated carbocycles. The van der Waals surface area contributed by atoms with Crippen molar-refractivity contribution in [3.05, 3.63) is 52.8 Å². The molecule has 0 aliphatic heterocycles. The number of imidazole rings is 1. The van der Waals surface area contributed by atoms with E-state index in [4.69, 9.17) is 16.3 Å². The zero-order chi connectivity index (χ0) is 22.4. The predicted molar refractivity (Wildman–Crippen MR) is 99.0 cm³/mol. The smallest absolute Gasteiger partial charge is 0.449 e. The van der Waals surface area contributed by atoms with Crippen molar-refractivity contribution in [3.8, 4) is 28.3 Å². The molecule has 30 heavy (non-hydrogen) atoms. The Kier molecular flexibility index (Phi) is 5.54. The summed E-state index contributed by atoms with van der Waals surface area (Å²) in [4.78, 5) is 4.50. The molecule has 0 atom stereocenters. The van der Waals surface area contributed by atoms with Crippen LogP contribution in [0, 0.1) is 11.6 Å². The van der Waals surface area contributed by atoms with Crippen LogP contribution in [0.3, 0.4) is 0 Å². The molecular weight excluding hydrogens is 455 g/mol. The van der Waals surface area contributed by atoms with Crippen LogP contribution in [-0.4, -0.2) is 31.8 Å². The molecule has 1 heterocycles. The summed E-state index contributed by atoms with van der Waals surface area (Å²) in [5, 5.41) is 0.0524. The van der Waals surface area contributed by atoms with Gasteiger partial charge in [0.05, 0.1) is 23.5 Å². The van der Waals surface area contributed by atoms with E-state index in [0.717, 1.165) is 0 Å². The van der Waals surface area contributed by atoms with E-state index in [2.05, 4.69) is 4.98 Å². The molecular formula is C18H12ClF5N2O3S. The van der Waals surface area contributed by atoms with Gasteiger partial charge in [-0.25, -0.2) is 22.2 Å². The third-order valence-electron chi connectivity index (χ3n) is 4.09. The summed E-state index contributed by atoms with van der Waals surface area (Å²) >= 11 is 6.02. The van der Waals surface area contributed by atoms with E-state index < -0.39 is 49.6 Å². The number of halogens is 6. The standard InChI is InChI=1S/C18H12ClF5N2O3S/c1-29-13-4-3-8(5-10(13)19)15-16(26-17(25-15)18(22,23)24)9-6-12(21)14(7-11(9)20)30(2,27)28/h3-7H,1-2H3,(H,25,26). The second kappa shape index (κ2) is 7.55. The maximum atomic E-state index is 14.6. The fraction of sp³-hybridized carbons (Fsp3) is 0.167. The van der Waals surface area contributed by atoms with Gasteiger partial charge in [-0.05, 0) is 30.3 Å². The van der Waals surface area contributed by atoms with Gasteiger partial charge in [0.25, 0.3) is 0 Å². The molecule has 12 heteroatoms. The fourth-order valence-electron chi connectivity index (χ4n) is 2.73. The fourth-order valence-corrected chi connectivity index (χ4v) is 3.72. The number of hydrogen-bond donors (Lipinski definition) is 1. The normalized spacial score (nSPS) is 12.3. The summed E-state index contributed by atoms with van der Waals surface area (Å²) in [6.07, 6.45) is -4.24. The number of methoxy groups -OCH3 is 1. The second-order valence-electron chi connectivity index (χ2n) is 6.19. The first-order chi connectivity index (χ1) is 13.8. The van der Waals surface area contributed by atoms with Gasteiger partial charge >= 0.3 is 6.18 Å². The molecule has 1 N–H and O–H groups in total. The first-order valence-corrected chi connectivity index (χ1v) is 10.3. The zero-order valence-corrected chi connectivity index (χ0v) is 16.8. The Hall–Kier alpha value is -2.66. The number of nitrogens with one attached hydrogen (secondary N) is 1. The van der Waals surface area contributed by atoms with E-state index in [1.165, 1.54) is 25.3 Å². The molecule has 3 aromatic rings. The molecule has 5 nitrogen and oxygen atoms in total. The highest BCUT2D eigenvalue weighted by atomic mass is 35.5. The van der Waals surface area contributed by atoms with Crippen molar-refractivity contribution >= 4 is 21.4 Å². The van der Waals surface area contributed by atoms with Gasteiger partial charge in [0, 0.05) is 17.4 Å². The van der Waals surface area contributed by atoms with Gasteiger partial charge in [0.1, 0.15) is 22.3 Å². The molecule has 2 aromatic carbocycles. The molecule has 3 rings (SSSR count). The van der Waals surface area contributed by atoms with Gasteiger partial charge in [-0.15, -0.1) is 0 Å². The molecule has 0 aliphatic rings. The third kappa shape index (κ3) is 4.12. The minimum Gasteiger partial charge on any atom is -0.495 e. The van der Waals surface area contributed by atoms with Gasteiger partial charge in [-0.3, -0.25) is 0 Å². The Bertz CT molecular complexity index is 1240. The lowest BCUT2D eigenvalue weighted by molar-refractivity contribution is -0.144. The largest absolute Gasteiger partial charge is 0.495 e. The lowest BCUT2D eigenvalue weighted by atomic mass is 10.0. The monoisotopic (exact) mass is 466 g/mol. The Morgan fingerprint density at radius 1 is 1.10 bits per heavy atom. The van der Waals surface area contributed by atoms with Crippen molar-refractivity contribution in [1.29, 1.82) is 0 Å². The minimum atomic E-state index is -4.91. The van der Waals surface area contributed by atoms with E-state index in [9.17, 15) is 30.4 Å². The predicted octanol–water partition coefficient (Wildman–Crippen LogP) is 5.11. The van der Waals surface area contributed by atoms with E-state index in [1.807, 2.05) is 4.98 Å². The zero-order valence-electron chi connectivity index (χ0n) is 15.2. The highest BCUT2D eigenvalue weighted by Gasteiger charge is 2.37. The lowest BCUT2D eigenvalue weighted by Crippen LogP contribution is -2.07. The van der Waals surface area contributed by atoms with Crippen LogP contribution in [0.1, 0.15) is 5.82 Å². The van der Waals surface area contributed by atoms with Crippen molar-refractivity contribution in [2.45, 2.75) is 11.1 Å². The number of aromatic amines is 1. The van der Waals surface area contributed by atoms with Crippen LogP contribution in [-0.2, 0) is 16.0 Å². The summed E-state index contributed by atoms with van der Waals surface area (Å²) in [6.45, 7) is 0. The topological polar surface area (TPSA) is 72.0 Å². The highest BCUT2D eigenvalue weighted by molar-refractivity contribution is 7.90. The SMILES string of the molecule is COc1ccc(-c2nc(C(F)(F)F)[nH]c2-c2cc(F)c(S(C)(=O)=O)cc2F)cc1Cl. The number of nitrogens with zero attached hydrogens (tertiary/aromatic N) is 1. The van der Waals surface area contributed by atoms with Crippen molar-refractivity contribution in [3.63, 3.8) is 0 Å². The molecule has 0 saturated heterocycles. The number of rotatable bonds is 4. The molecule has 0 amide bonds. The molecule has 0 spiro atoms. The molecule has 0 aliphatic carbocycles. The number of aromatic nitrogens is 2. The van der Waals surface area contributed by atoms with Crippen molar-refractivity contribution in [2.24, 2.45) is 0 Å². The number of hydrogen-bond acceptors (Lipinski definition) is 4. The maximum Gasteiger partial charge on any atom is 0.449 e. The van der Waals surface area contributed by atoms with Gasteiger partial charge in [0.15, 0.2) is 9.84 Å². The summed E-state index contributed by atoms with van der Waals surface area (Å²) in [5.41, 5.74) is -1.43. The van der Waals surface area contributed by atoms with Crippen LogP contribution >= 0.6 is 11.6 Å². The van der Waals surface area contributed by atoms with Crippen molar-refractivity contribution in [2.75, 3.05) is 13.4 Å². The van der Waals surface area contributed by atoms with E-state index >= 15 is 0 Å². The Morgan fingerprint density at radius 2 is 1.77 bits per heavy atom. The molecule has 0 unspecified atom stereocenters. The second-order valence-corrected chi connectivity index (χ2v) is 8.58. The van der Waals surface area contributed by atoms with E-state index in [0.29, 0.717) is 18.4 Å². The average molecular weight is 467 g/mol. The Morgan fingerprint density at radius 3 is 2.30 bits per heavy atom. The number of sulfone groups is 1. The van der Waals surface area contributed by atoms with Crippen LogP contribution in [0.15, 0.2) is 35.2 Å². The van der Waals surface area contributed by atoms with Gasteiger partial charge in [-0.2, -0.15) is 13.2 Å². The summed E-state index contributed by atoms with van der Waals surface area (Å²) < 4.78 is 96.8. The maximum absolute atomic E-state index is 14.6. The molecule has 0 radical (unpaired) electrons. The van der Waals surface area contributed by atoms with E-state index in [1.54, 1.807) is 0 Å². The van der Waals surface area contributed by atoms with Crippen LogP contribution in [0.2, 0.25) is 5.02 Å². The first kappa shape index (κ1) is 22.0. The number of benzene rings is 2. The average Bonchev–Trinajstić information content (AvgIpc) is 3.07. The summed E-state index contributed by atoms with van der Waals surface area (Å²) in [6, 6.07) is 4.85. The number of alkyl halides is 3. The quantitative estimate of drug-likeness (QED) is 0.543. The first-order valence-electron chi connectivity index (χ1n) is 8.03. The van der Waals surface area contributed by atoms with Crippen LogP contribution < -0.4 is 4.74 Å². The number of ether oxygens (including phenoxy) is 1. The third-order valence-corrected chi connectivity index (χ3v) is 5.50. The molecule has 160 valence electrons. The Labute approximate surface area is 172 Å². The van der Waals surface area contributed by atoms with Gasteiger partial charge < -0.3 is 9.72 Å². The minimum absolute atomic E-state index is 0.0524. The van der Waals surface area contributed by atoms with E-state index in [-0.39, 0.29) is 22.0 Å². The number of H-pyrrole nitrogens is 1. The lowest BCUT2D eigenvalue weighted by Gasteiger charge is -2.09. The van der Waals surface area contributed by atoms with Crippen LogP contribution in [0.5, 0.6) is 5.75 Å². The van der Waals surface area contributed by atoms with Crippen molar-refractivity contribution < 1.29 is 35.1 Å². The molecule has 0 fully saturated rings. The van der Waals surface area contributed by atoms with Gasteiger partial charge in [0.2, 0.25) is 5.82 Å². The van der Waals surface area contributed by atoms with Crippen molar-refractivity contribution in [1.82, 2.24) is 9.97 Å². The summed E-state index contributed by atoms with van der Waals surface area (Å²) in [7, 11) is -2.76.